The Morgan fingerprint density at radius 3 is 2.11 bits per heavy atom. The molecule has 94 valence electrons. The highest BCUT2D eigenvalue weighted by Gasteiger charge is 2.13. The van der Waals surface area contributed by atoms with Gasteiger partial charge in [-0.05, 0) is 23.3 Å². The SMILES string of the molecule is C=Cc1ccc2oc(C=C)c(C=C)c(=O)c2c1C=C. The average molecular weight is 250 g/mol. The van der Waals surface area contributed by atoms with Gasteiger partial charge in [0.2, 0.25) is 5.43 Å². The molecule has 0 N–H and O–H groups in total. The van der Waals surface area contributed by atoms with Crippen LogP contribution < -0.4 is 5.43 Å². The Balaban J connectivity index is 3.10. The Hall–Kier alpha value is -2.61. The summed E-state index contributed by atoms with van der Waals surface area (Å²) in [7, 11) is 0. The fourth-order valence-corrected chi connectivity index (χ4v) is 2.10. The minimum Gasteiger partial charge on any atom is -0.456 e. The fraction of sp³-hybridized carbons (Fsp3) is 0. The van der Waals surface area contributed by atoms with Crippen molar-refractivity contribution < 1.29 is 4.42 Å². The molecule has 0 bridgehead atoms. The van der Waals surface area contributed by atoms with Gasteiger partial charge in [0.15, 0.2) is 0 Å². The molecule has 1 aromatic carbocycles. The lowest BCUT2D eigenvalue weighted by Gasteiger charge is -2.08. The highest BCUT2D eigenvalue weighted by Crippen LogP contribution is 2.25. The summed E-state index contributed by atoms with van der Waals surface area (Å²) in [5.74, 6) is 0.425. The molecule has 0 aliphatic heterocycles. The molecule has 0 unspecified atom stereocenters. The van der Waals surface area contributed by atoms with Crippen LogP contribution in [0.3, 0.4) is 0 Å². The summed E-state index contributed by atoms with van der Waals surface area (Å²) in [5, 5.41) is 0.493. The van der Waals surface area contributed by atoms with E-state index in [2.05, 4.69) is 26.3 Å². The quantitative estimate of drug-likeness (QED) is 0.806. The molecule has 19 heavy (non-hydrogen) atoms. The number of fused-ring (bicyclic) bond motifs is 1. The Labute approximate surface area is 111 Å². The van der Waals surface area contributed by atoms with Gasteiger partial charge in [-0.15, -0.1) is 0 Å². The molecule has 0 saturated carbocycles. The number of benzene rings is 1. The summed E-state index contributed by atoms with van der Waals surface area (Å²) in [4.78, 5) is 12.5. The third-order valence-electron chi connectivity index (χ3n) is 3.01. The number of rotatable bonds is 4. The van der Waals surface area contributed by atoms with Crippen molar-refractivity contribution in [3.05, 3.63) is 71.1 Å². The van der Waals surface area contributed by atoms with E-state index in [1.165, 1.54) is 12.2 Å². The molecular weight excluding hydrogens is 236 g/mol. The predicted molar refractivity (Wildman–Crippen MR) is 82.8 cm³/mol. The molecule has 0 atom stereocenters. The highest BCUT2D eigenvalue weighted by atomic mass is 16.3. The van der Waals surface area contributed by atoms with Gasteiger partial charge in [0.05, 0.1) is 10.9 Å². The van der Waals surface area contributed by atoms with Crippen molar-refractivity contribution in [3.8, 4) is 0 Å². The molecule has 0 fully saturated rings. The normalized spacial score (nSPS) is 10.1. The molecule has 0 spiro atoms. The van der Waals surface area contributed by atoms with Crippen molar-refractivity contribution in [2.45, 2.75) is 0 Å². The molecule has 0 saturated heterocycles. The van der Waals surface area contributed by atoms with Crippen LogP contribution in [0.2, 0.25) is 0 Å². The Kier molecular flexibility index (Phi) is 3.34. The summed E-state index contributed by atoms with van der Waals surface area (Å²) in [6.07, 6.45) is 6.31. The molecule has 1 heterocycles. The van der Waals surface area contributed by atoms with E-state index in [0.717, 1.165) is 11.1 Å². The molecule has 2 aromatic rings. The van der Waals surface area contributed by atoms with Crippen LogP contribution in [0.4, 0.5) is 0 Å². The third-order valence-corrected chi connectivity index (χ3v) is 3.01. The van der Waals surface area contributed by atoms with Crippen LogP contribution in [-0.4, -0.2) is 0 Å². The van der Waals surface area contributed by atoms with Gasteiger partial charge in [0.1, 0.15) is 11.3 Å². The molecule has 0 amide bonds. The van der Waals surface area contributed by atoms with E-state index < -0.39 is 0 Å². The van der Waals surface area contributed by atoms with Gasteiger partial charge in [-0.1, -0.05) is 50.6 Å². The van der Waals surface area contributed by atoms with Crippen LogP contribution in [0.5, 0.6) is 0 Å². The van der Waals surface area contributed by atoms with E-state index in [9.17, 15) is 4.79 Å². The first-order valence-electron chi connectivity index (χ1n) is 5.81. The molecular formula is C17H14O2. The van der Waals surface area contributed by atoms with Crippen LogP contribution >= 0.6 is 0 Å². The molecule has 0 radical (unpaired) electrons. The van der Waals surface area contributed by atoms with Gasteiger partial charge in [-0.25, -0.2) is 0 Å². The minimum atomic E-state index is -0.134. The first kappa shape index (κ1) is 12.8. The van der Waals surface area contributed by atoms with Crippen molar-refractivity contribution in [3.63, 3.8) is 0 Å². The summed E-state index contributed by atoms with van der Waals surface area (Å²) >= 11 is 0. The van der Waals surface area contributed by atoms with E-state index >= 15 is 0 Å². The lowest BCUT2D eigenvalue weighted by molar-refractivity contribution is 0.589. The van der Waals surface area contributed by atoms with Gasteiger partial charge in [0.25, 0.3) is 0 Å². The van der Waals surface area contributed by atoms with Crippen LogP contribution in [-0.2, 0) is 0 Å². The van der Waals surface area contributed by atoms with Gasteiger partial charge in [-0.2, -0.15) is 0 Å². The van der Waals surface area contributed by atoms with Crippen molar-refractivity contribution in [1.29, 1.82) is 0 Å². The summed E-state index contributed by atoms with van der Waals surface area (Å²) in [6, 6.07) is 3.59. The lowest BCUT2D eigenvalue weighted by atomic mass is 10.00. The van der Waals surface area contributed by atoms with Gasteiger partial charge in [-0.3, -0.25) is 4.79 Å². The van der Waals surface area contributed by atoms with E-state index in [0.29, 0.717) is 22.3 Å². The van der Waals surface area contributed by atoms with Crippen LogP contribution in [0.1, 0.15) is 22.5 Å². The Morgan fingerprint density at radius 1 is 0.895 bits per heavy atom. The Morgan fingerprint density at radius 2 is 1.58 bits per heavy atom. The zero-order valence-corrected chi connectivity index (χ0v) is 10.6. The number of hydrogen-bond donors (Lipinski definition) is 0. The van der Waals surface area contributed by atoms with Crippen molar-refractivity contribution >= 4 is 35.3 Å². The zero-order chi connectivity index (χ0) is 14.0. The smallest absolute Gasteiger partial charge is 0.201 e. The number of hydrogen-bond acceptors (Lipinski definition) is 2. The second-order valence-electron chi connectivity index (χ2n) is 3.97. The van der Waals surface area contributed by atoms with Crippen LogP contribution in [0.25, 0.3) is 35.3 Å². The van der Waals surface area contributed by atoms with Crippen LogP contribution in [0, 0.1) is 0 Å². The van der Waals surface area contributed by atoms with Gasteiger partial charge >= 0.3 is 0 Å². The maximum absolute atomic E-state index is 12.5. The van der Waals surface area contributed by atoms with E-state index in [1.807, 2.05) is 6.07 Å². The standard InChI is InChI=1S/C17H14O2/c1-5-11-9-10-15-16(12(11)6-2)17(18)13(7-3)14(8-4)19-15/h5-10H,1-4H2. The van der Waals surface area contributed by atoms with Crippen LogP contribution in [0.15, 0.2) is 47.7 Å². The second kappa shape index (κ2) is 4.94. The van der Waals surface area contributed by atoms with E-state index in [1.54, 1.807) is 18.2 Å². The summed E-state index contributed by atoms with van der Waals surface area (Å²) in [6.45, 7) is 14.8. The fourth-order valence-electron chi connectivity index (χ4n) is 2.10. The largest absolute Gasteiger partial charge is 0.456 e. The van der Waals surface area contributed by atoms with Crippen molar-refractivity contribution in [2.75, 3.05) is 0 Å². The highest BCUT2D eigenvalue weighted by molar-refractivity contribution is 5.92. The van der Waals surface area contributed by atoms with E-state index in [4.69, 9.17) is 4.42 Å². The minimum absolute atomic E-state index is 0.134. The molecule has 0 aliphatic rings. The topological polar surface area (TPSA) is 30.2 Å². The van der Waals surface area contributed by atoms with E-state index in [-0.39, 0.29) is 5.43 Å². The summed E-state index contributed by atoms with van der Waals surface area (Å²) < 4.78 is 5.68. The monoisotopic (exact) mass is 250 g/mol. The molecule has 2 rings (SSSR count). The van der Waals surface area contributed by atoms with Gasteiger partial charge < -0.3 is 4.42 Å². The lowest BCUT2D eigenvalue weighted by Crippen LogP contribution is -2.09. The molecule has 1 aromatic heterocycles. The van der Waals surface area contributed by atoms with Crippen molar-refractivity contribution in [2.24, 2.45) is 0 Å². The average Bonchev–Trinajstić information content (AvgIpc) is 2.45. The Bertz CT molecular complexity index is 761. The van der Waals surface area contributed by atoms with Gasteiger partial charge in [0, 0.05) is 0 Å². The first-order chi connectivity index (χ1) is 9.17. The molecule has 0 aliphatic carbocycles. The second-order valence-corrected chi connectivity index (χ2v) is 3.97. The zero-order valence-electron chi connectivity index (χ0n) is 10.6. The predicted octanol–water partition coefficient (Wildman–Crippen LogP) is 4.37. The molecule has 2 heteroatoms. The maximum atomic E-state index is 12.5. The maximum Gasteiger partial charge on any atom is 0.201 e. The first-order valence-corrected chi connectivity index (χ1v) is 5.81. The summed E-state index contributed by atoms with van der Waals surface area (Å²) in [5.41, 5.74) is 2.35. The van der Waals surface area contributed by atoms with Crippen molar-refractivity contribution in [1.82, 2.24) is 0 Å². The molecule has 2 nitrogen and oxygen atoms in total. The third kappa shape index (κ3) is 1.87.